The standard InChI is InChI=1S/C11H15NO.ClH/c12-8-10-6-7-13-11(10)9-4-2-1-3-5-9;/h1-5,10-11H,6-8,12H2;1H/t10-,11-;/m0./s1. The van der Waals surface area contributed by atoms with E-state index in [-0.39, 0.29) is 18.5 Å². The van der Waals surface area contributed by atoms with Crippen LogP contribution in [0.1, 0.15) is 18.1 Å². The minimum absolute atomic E-state index is 0. The summed E-state index contributed by atoms with van der Waals surface area (Å²) in [6, 6.07) is 10.3. The fourth-order valence-electron chi connectivity index (χ4n) is 1.89. The zero-order chi connectivity index (χ0) is 9.10. The van der Waals surface area contributed by atoms with Gasteiger partial charge in [0, 0.05) is 12.5 Å². The molecule has 14 heavy (non-hydrogen) atoms. The first-order valence-electron chi connectivity index (χ1n) is 4.78. The summed E-state index contributed by atoms with van der Waals surface area (Å²) < 4.78 is 5.66. The highest BCUT2D eigenvalue weighted by Crippen LogP contribution is 2.33. The summed E-state index contributed by atoms with van der Waals surface area (Å²) in [7, 11) is 0. The van der Waals surface area contributed by atoms with Gasteiger partial charge in [-0.2, -0.15) is 0 Å². The van der Waals surface area contributed by atoms with Crippen LogP contribution in [0.2, 0.25) is 0 Å². The Hall–Kier alpha value is -0.570. The van der Waals surface area contributed by atoms with Gasteiger partial charge in [-0.3, -0.25) is 0 Å². The summed E-state index contributed by atoms with van der Waals surface area (Å²) in [5.41, 5.74) is 6.94. The quantitative estimate of drug-likeness (QED) is 0.817. The number of ether oxygens (including phenoxy) is 1. The van der Waals surface area contributed by atoms with Gasteiger partial charge >= 0.3 is 0 Å². The van der Waals surface area contributed by atoms with E-state index in [2.05, 4.69) is 12.1 Å². The summed E-state index contributed by atoms with van der Waals surface area (Å²) in [5, 5.41) is 0. The molecule has 0 unspecified atom stereocenters. The van der Waals surface area contributed by atoms with Crippen LogP contribution in [0.4, 0.5) is 0 Å². The fraction of sp³-hybridized carbons (Fsp3) is 0.455. The molecule has 1 aliphatic rings. The number of hydrogen-bond acceptors (Lipinski definition) is 2. The summed E-state index contributed by atoms with van der Waals surface area (Å²) in [5.74, 6) is 0.502. The average Bonchev–Trinajstić information content (AvgIpc) is 2.67. The van der Waals surface area contributed by atoms with E-state index in [4.69, 9.17) is 10.5 Å². The second kappa shape index (κ2) is 5.35. The molecular formula is C11H16ClNO. The lowest BCUT2D eigenvalue weighted by Gasteiger charge is -2.16. The molecule has 1 fully saturated rings. The van der Waals surface area contributed by atoms with Crippen LogP contribution in [0.15, 0.2) is 30.3 Å². The van der Waals surface area contributed by atoms with Crippen LogP contribution in [0.5, 0.6) is 0 Å². The molecule has 0 spiro atoms. The van der Waals surface area contributed by atoms with Crippen molar-refractivity contribution < 1.29 is 4.74 Å². The topological polar surface area (TPSA) is 35.2 Å². The summed E-state index contributed by atoms with van der Waals surface area (Å²) in [6.07, 6.45) is 1.32. The van der Waals surface area contributed by atoms with Crippen molar-refractivity contribution in [1.29, 1.82) is 0 Å². The molecular weight excluding hydrogens is 198 g/mol. The summed E-state index contributed by atoms with van der Waals surface area (Å²) in [6.45, 7) is 1.57. The molecule has 1 aromatic rings. The Morgan fingerprint density at radius 2 is 2.00 bits per heavy atom. The molecule has 2 rings (SSSR count). The van der Waals surface area contributed by atoms with E-state index < -0.39 is 0 Å². The lowest BCUT2D eigenvalue weighted by Crippen LogP contribution is -2.17. The molecule has 0 amide bonds. The van der Waals surface area contributed by atoms with Gasteiger partial charge in [0.25, 0.3) is 0 Å². The second-order valence-electron chi connectivity index (χ2n) is 3.49. The largest absolute Gasteiger partial charge is 0.373 e. The van der Waals surface area contributed by atoms with Gasteiger partial charge in [0.05, 0.1) is 6.10 Å². The van der Waals surface area contributed by atoms with Gasteiger partial charge in [-0.1, -0.05) is 30.3 Å². The Bertz CT molecular complexity index is 265. The molecule has 0 aromatic heterocycles. The molecule has 0 aliphatic carbocycles. The predicted octanol–water partition coefficient (Wildman–Crippen LogP) is 2.14. The fourth-order valence-corrected chi connectivity index (χ4v) is 1.89. The van der Waals surface area contributed by atoms with Crippen molar-refractivity contribution in [3.8, 4) is 0 Å². The number of nitrogens with two attached hydrogens (primary N) is 1. The van der Waals surface area contributed by atoms with Crippen LogP contribution in [-0.4, -0.2) is 13.2 Å². The number of benzene rings is 1. The van der Waals surface area contributed by atoms with E-state index in [0.717, 1.165) is 19.6 Å². The van der Waals surface area contributed by atoms with Gasteiger partial charge in [0.1, 0.15) is 0 Å². The van der Waals surface area contributed by atoms with Crippen molar-refractivity contribution in [3.05, 3.63) is 35.9 Å². The Kier molecular flexibility index (Phi) is 4.39. The third kappa shape index (κ3) is 2.27. The smallest absolute Gasteiger partial charge is 0.0865 e. The van der Waals surface area contributed by atoms with E-state index in [0.29, 0.717) is 5.92 Å². The van der Waals surface area contributed by atoms with E-state index in [1.54, 1.807) is 0 Å². The van der Waals surface area contributed by atoms with Crippen molar-refractivity contribution >= 4 is 12.4 Å². The van der Waals surface area contributed by atoms with Gasteiger partial charge in [0.2, 0.25) is 0 Å². The molecule has 1 saturated heterocycles. The second-order valence-corrected chi connectivity index (χ2v) is 3.49. The maximum Gasteiger partial charge on any atom is 0.0865 e. The van der Waals surface area contributed by atoms with Gasteiger partial charge < -0.3 is 10.5 Å². The Balaban J connectivity index is 0.000000980. The minimum Gasteiger partial charge on any atom is -0.373 e. The van der Waals surface area contributed by atoms with Crippen molar-refractivity contribution in [3.63, 3.8) is 0 Å². The normalized spacial score (nSPS) is 25.8. The average molecular weight is 214 g/mol. The maximum absolute atomic E-state index is 5.68. The first-order valence-corrected chi connectivity index (χ1v) is 4.78. The zero-order valence-corrected chi connectivity index (χ0v) is 8.87. The zero-order valence-electron chi connectivity index (χ0n) is 8.06. The molecule has 0 bridgehead atoms. The number of halogens is 1. The number of rotatable bonds is 2. The van der Waals surface area contributed by atoms with Gasteiger partial charge in [-0.25, -0.2) is 0 Å². The molecule has 1 aromatic carbocycles. The molecule has 2 nitrogen and oxygen atoms in total. The molecule has 1 aliphatic heterocycles. The summed E-state index contributed by atoms with van der Waals surface area (Å²) in [4.78, 5) is 0. The highest BCUT2D eigenvalue weighted by atomic mass is 35.5. The van der Waals surface area contributed by atoms with Crippen LogP contribution in [0.25, 0.3) is 0 Å². The predicted molar refractivity (Wildman–Crippen MR) is 59.5 cm³/mol. The molecule has 2 atom stereocenters. The van der Waals surface area contributed by atoms with Gasteiger partial charge in [0.15, 0.2) is 0 Å². The minimum atomic E-state index is 0. The molecule has 1 heterocycles. The van der Waals surface area contributed by atoms with Crippen molar-refractivity contribution in [2.24, 2.45) is 11.7 Å². The maximum atomic E-state index is 5.68. The van der Waals surface area contributed by atoms with Crippen molar-refractivity contribution in [2.75, 3.05) is 13.2 Å². The van der Waals surface area contributed by atoms with Crippen molar-refractivity contribution in [2.45, 2.75) is 12.5 Å². The van der Waals surface area contributed by atoms with E-state index in [9.17, 15) is 0 Å². The van der Waals surface area contributed by atoms with Crippen LogP contribution in [-0.2, 0) is 4.74 Å². The molecule has 0 saturated carbocycles. The lowest BCUT2D eigenvalue weighted by atomic mass is 9.96. The lowest BCUT2D eigenvalue weighted by molar-refractivity contribution is 0.0925. The van der Waals surface area contributed by atoms with Crippen LogP contribution < -0.4 is 5.73 Å². The Labute approximate surface area is 90.9 Å². The highest BCUT2D eigenvalue weighted by Gasteiger charge is 2.27. The Morgan fingerprint density at radius 1 is 1.29 bits per heavy atom. The first kappa shape index (κ1) is 11.5. The van der Waals surface area contributed by atoms with Crippen LogP contribution >= 0.6 is 12.4 Å². The molecule has 3 heteroatoms. The van der Waals surface area contributed by atoms with E-state index in [1.807, 2.05) is 18.2 Å². The van der Waals surface area contributed by atoms with Gasteiger partial charge in [-0.15, -0.1) is 12.4 Å². The highest BCUT2D eigenvalue weighted by molar-refractivity contribution is 5.85. The van der Waals surface area contributed by atoms with Gasteiger partial charge in [-0.05, 0) is 18.5 Å². The van der Waals surface area contributed by atoms with E-state index in [1.165, 1.54) is 5.56 Å². The first-order chi connectivity index (χ1) is 6.42. The van der Waals surface area contributed by atoms with Crippen LogP contribution in [0, 0.1) is 5.92 Å². The van der Waals surface area contributed by atoms with Crippen molar-refractivity contribution in [1.82, 2.24) is 0 Å². The third-order valence-corrected chi connectivity index (χ3v) is 2.65. The number of hydrogen-bond donors (Lipinski definition) is 1. The third-order valence-electron chi connectivity index (χ3n) is 2.65. The molecule has 2 N–H and O–H groups in total. The van der Waals surface area contributed by atoms with Crippen LogP contribution in [0.3, 0.4) is 0 Å². The van der Waals surface area contributed by atoms with E-state index >= 15 is 0 Å². The SMILES string of the molecule is Cl.NC[C@@H]1CCO[C@H]1c1ccccc1. The molecule has 0 radical (unpaired) electrons. The Morgan fingerprint density at radius 3 is 2.64 bits per heavy atom. The summed E-state index contributed by atoms with van der Waals surface area (Å²) >= 11 is 0. The monoisotopic (exact) mass is 213 g/mol. The molecule has 78 valence electrons.